The van der Waals surface area contributed by atoms with Crippen molar-refractivity contribution in [2.45, 2.75) is 26.2 Å². The first-order valence-corrected chi connectivity index (χ1v) is 5.85. The second kappa shape index (κ2) is 4.25. The molecule has 1 aliphatic rings. The molecule has 1 N–H and O–H groups in total. The van der Waals surface area contributed by atoms with Gasteiger partial charge in [0, 0.05) is 12.8 Å². The number of hydrogen-bond donors (Lipinski definition) is 1. The lowest BCUT2D eigenvalue weighted by atomic mass is 10.1. The maximum absolute atomic E-state index is 11.7. The van der Waals surface area contributed by atoms with Crippen LogP contribution in [0.25, 0.3) is 0 Å². The molecule has 0 atom stereocenters. The van der Waals surface area contributed by atoms with Crippen molar-refractivity contribution >= 4 is 34.3 Å². The smallest absolute Gasteiger partial charge is 0.340 e. The first kappa shape index (κ1) is 11.7. The van der Waals surface area contributed by atoms with Gasteiger partial charge in [0.25, 0.3) is 0 Å². The second-order valence-corrected chi connectivity index (χ2v) is 4.48. The lowest BCUT2D eigenvalue weighted by molar-refractivity contribution is -0.128. The fourth-order valence-corrected chi connectivity index (χ4v) is 2.66. The van der Waals surface area contributed by atoms with Crippen LogP contribution >= 0.6 is 11.5 Å². The number of amides is 2. The number of imide groups is 1. The van der Waals surface area contributed by atoms with Crippen LogP contribution in [0.1, 0.15) is 35.3 Å². The second-order valence-electron chi connectivity index (χ2n) is 3.73. The van der Waals surface area contributed by atoms with E-state index in [1.807, 2.05) is 0 Å². The van der Waals surface area contributed by atoms with Gasteiger partial charge in [-0.25, -0.2) is 9.69 Å². The molecule has 0 aromatic carbocycles. The molecule has 6 nitrogen and oxygen atoms in total. The van der Waals surface area contributed by atoms with Gasteiger partial charge in [-0.1, -0.05) is 0 Å². The largest absolute Gasteiger partial charge is 0.478 e. The Labute approximate surface area is 101 Å². The Kier molecular flexibility index (Phi) is 2.93. The number of carboxylic acids is 1. The molecule has 2 rings (SSSR count). The molecule has 90 valence electrons. The van der Waals surface area contributed by atoms with Crippen LogP contribution in [-0.4, -0.2) is 27.3 Å². The third kappa shape index (κ3) is 1.93. The van der Waals surface area contributed by atoms with Gasteiger partial charge in [-0.05, 0) is 24.9 Å². The molecule has 2 heterocycles. The molecule has 0 spiro atoms. The van der Waals surface area contributed by atoms with E-state index >= 15 is 0 Å². The quantitative estimate of drug-likeness (QED) is 0.801. The number of aryl methyl sites for hydroxylation is 1. The summed E-state index contributed by atoms with van der Waals surface area (Å²) in [7, 11) is 0. The summed E-state index contributed by atoms with van der Waals surface area (Å²) in [4.78, 5) is 35.4. The fraction of sp³-hybridized carbons (Fsp3) is 0.400. The van der Waals surface area contributed by atoms with Crippen LogP contribution < -0.4 is 4.90 Å². The van der Waals surface area contributed by atoms with Crippen LogP contribution in [0.2, 0.25) is 0 Å². The van der Waals surface area contributed by atoms with Crippen molar-refractivity contribution in [1.82, 2.24) is 4.37 Å². The Balaban J connectivity index is 2.49. The zero-order chi connectivity index (χ0) is 12.6. The molecule has 7 heteroatoms. The SMILES string of the molecule is Cc1nsc(N2C(=O)CCCC2=O)c1C(=O)O. The van der Waals surface area contributed by atoms with Gasteiger partial charge in [-0.15, -0.1) is 0 Å². The number of anilines is 1. The number of rotatable bonds is 2. The van der Waals surface area contributed by atoms with E-state index in [-0.39, 0.29) is 35.2 Å². The molecule has 1 aliphatic heterocycles. The van der Waals surface area contributed by atoms with Crippen molar-refractivity contribution in [3.8, 4) is 0 Å². The summed E-state index contributed by atoms with van der Waals surface area (Å²) in [6, 6.07) is 0. The fourth-order valence-electron chi connectivity index (χ4n) is 1.74. The lowest BCUT2D eigenvalue weighted by Crippen LogP contribution is -2.40. The highest BCUT2D eigenvalue weighted by Gasteiger charge is 2.33. The minimum Gasteiger partial charge on any atom is -0.478 e. The number of nitrogens with zero attached hydrogens (tertiary/aromatic N) is 2. The Morgan fingerprint density at radius 3 is 2.47 bits per heavy atom. The summed E-state index contributed by atoms with van der Waals surface area (Å²) >= 11 is 0.872. The van der Waals surface area contributed by atoms with Crippen LogP contribution in [-0.2, 0) is 9.59 Å². The molecule has 0 aliphatic carbocycles. The maximum atomic E-state index is 11.7. The molecule has 2 amide bonds. The standard InChI is InChI=1S/C10H10N2O4S/c1-5-8(10(15)16)9(17-11-5)12-6(13)3-2-4-7(12)14/h2-4H2,1H3,(H,15,16). The zero-order valence-corrected chi connectivity index (χ0v) is 9.91. The molecule has 1 saturated heterocycles. The predicted octanol–water partition coefficient (Wildman–Crippen LogP) is 1.19. The van der Waals surface area contributed by atoms with Crippen molar-refractivity contribution in [2.75, 3.05) is 4.90 Å². The van der Waals surface area contributed by atoms with Crippen molar-refractivity contribution in [3.63, 3.8) is 0 Å². The van der Waals surface area contributed by atoms with Gasteiger partial charge in [0.15, 0.2) is 0 Å². The Hall–Kier alpha value is -1.76. The molecule has 0 saturated carbocycles. The first-order valence-electron chi connectivity index (χ1n) is 5.07. The number of piperidine rings is 1. The summed E-state index contributed by atoms with van der Waals surface area (Å²) in [6.45, 7) is 1.54. The van der Waals surface area contributed by atoms with E-state index in [9.17, 15) is 14.4 Å². The van der Waals surface area contributed by atoms with E-state index < -0.39 is 5.97 Å². The third-order valence-corrected chi connectivity index (χ3v) is 3.47. The highest BCUT2D eigenvalue weighted by atomic mass is 32.1. The van der Waals surface area contributed by atoms with E-state index in [2.05, 4.69) is 4.37 Å². The summed E-state index contributed by atoms with van der Waals surface area (Å²) in [6.07, 6.45) is 1.05. The third-order valence-electron chi connectivity index (χ3n) is 2.54. The molecular weight excluding hydrogens is 244 g/mol. The molecule has 1 aromatic rings. The number of hydrogen-bond acceptors (Lipinski definition) is 5. The van der Waals surface area contributed by atoms with Crippen molar-refractivity contribution in [3.05, 3.63) is 11.3 Å². The summed E-state index contributed by atoms with van der Waals surface area (Å²) in [5.74, 6) is -1.88. The first-order chi connectivity index (χ1) is 8.02. The van der Waals surface area contributed by atoms with E-state index in [1.54, 1.807) is 6.92 Å². The molecule has 17 heavy (non-hydrogen) atoms. The topological polar surface area (TPSA) is 87.6 Å². The van der Waals surface area contributed by atoms with E-state index in [1.165, 1.54) is 0 Å². The molecule has 0 radical (unpaired) electrons. The van der Waals surface area contributed by atoms with E-state index in [0.717, 1.165) is 16.4 Å². The van der Waals surface area contributed by atoms with E-state index in [0.29, 0.717) is 12.1 Å². The lowest BCUT2D eigenvalue weighted by Gasteiger charge is -2.23. The number of aromatic carboxylic acids is 1. The Bertz CT molecular complexity index is 492. The normalized spacial score (nSPS) is 16.4. The van der Waals surface area contributed by atoms with Crippen molar-refractivity contribution in [2.24, 2.45) is 0 Å². The van der Waals surface area contributed by atoms with Crippen LogP contribution in [0.4, 0.5) is 5.00 Å². The van der Waals surface area contributed by atoms with Gasteiger partial charge in [0.05, 0.1) is 5.69 Å². The number of carbonyl (C=O) groups excluding carboxylic acids is 2. The van der Waals surface area contributed by atoms with Crippen LogP contribution in [0.3, 0.4) is 0 Å². The summed E-state index contributed by atoms with van der Waals surface area (Å²) in [5, 5.41) is 9.19. The highest BCUT2D eigenvalue weighted by Crippen LogP contribution is 2.31. The minimum absolute atomic E-state index is 0.0569. The molecular formula is C10H10N2O4S. The average molecular weight is 254 g/mol. The minimum atomic E-state index is -1.17. The predicted molar refractivity (Wildman–Crippen MR) is 60.2 cm³/mol. The van der Waals surface area contributed by atoms with Gasteiger partial charge < -0.3 is 5.11 Å². The van der Waals surface area contributed by atoms with Gasteiger partial charge in [-0.2, -0.15) is 4.37 Å². The molecule has 0 bridgehead atoms. The monoisotopic (exact) mass is 254 g/mol. The summed E-state index contributed by atoms with van der Waals surface area (Å²) < 4.78 is 3.90. The van der Waals surface area contributed by atoms with Gasteiger partial charge in [0.2, 0.25) is 11.8 Å². The average Bonchev–Trinajstić information content (AvgIpc) is 2.60. The van der Waals surface area contributed by atoms with Crippen LogP contribution in [0.15, 0.2) is 0 Å². The van der Waals surface area contributed by atoms with Gasteiger partial charge in [0.1, 0.15) is 10.6 Å². The van der Waals surface area contributed by atoms with Crippen molar-refractivity contribution < 1.29 is 19.5 Å². The Morgan fingerprint density at radius 1 is 1.35 bits per heavy atom. The molecule has 1 aromatic heterocycles. The maximum Gasteiger partial charge on any atom is 0.340 e. The Morgan fingerprint density at radius 2 is 1.94 bits per heavy atom. The summed E-state index contributed by atoms with van der Waals surface area (Å²) in [5.41, 5.74) is 0.266. The van der Waals surface area contributed by atoms with Crippen molar-refractivity contribution in [1.29, 1.82) is 0 Å². The number of aromatic nitrogens is 1. The van der Waals surface area contributed by atoms with Crippen LogP contribution in [0, 0.1) is 6.92 Å². The van der Waals surface area contributed by atoms with Gasteiger partial charge >= 0.3 is 5.97 Å². The molecule has 0 unspecified atom stereocenters. The number of carboxylic acid groups (broad SMARTS) is 1. The number of carbonyl (C=O) groups is 3. The van der Waals surface area contributed by atoms with E-state index in [4.69, 9.17) is 5.11 Å². The highest BCUT2D eigenvalue weighted by molar-refractivity contribution is 7.11. The molecule has 1 fully saturated rings. The van der Waals surface area contributed by atoms with Gasteiger partial charge in [-0.3, -0.25) is 9.59 Å². The van der Waals surface area contributed by atoms with Crippen LogP contribution in [0.5, 0.6) is 0 Å². The zero-order valence-electron chi connectivity index (χ0n) is 9.10.